The zero-order valence-corrected chi connectivity index (χ0v) is 10.6. The second-order valence-corrected chi connectivity index (χ2v) is 6.46. The molecule has 0 amide bonds. The van der Waals surface area contributed by atoms with Gasteiger partial charge in [-0.15, -0.1) is 0 Å². The smallest absolute Gasteiger partial charge is 0.144 e. The maximum absolute atomic E-state index is 11.6. The fraction of sp³-hybridized carbons (Fsp3) is 0.364. The molecule has 1 atom stereocenters. The van der Waals surface area contributed by atoms with E-state index in [0.29, 0.717) is 5.02 Å². The fourth-order valence-corrected chi connectivity index (χ4v) is 1.55. The van der Waals surface area contributed by atoms with E-state index in [9.17, 15) is 4.21 Å². The summed E-state index contributed by atoms with van der Waals surface area (Å²) in [6, 6.07) is 7.34. The van der Waals surface area contributed by atoms with Crippen LogP contribution in [-0.4, -0.2) is 15.2 Å². The summed E-state index contributed by atoms with van der Waals surface area (Å²) in [5.41, 5.74) is 0.789. The molecular weight excluding hydrogens is 230 g/mol. The molecule has 0 aliphatic rings. The van der Waals surface area contributed by atoms with Crippen molar-refractivity contribution < 1.29 is 4.21 Å². The quantitative estimate of drug-likeness (QED) is 0.734. The number of rotatable bonds is 2. The van der Waals surface area contributed by atoms with Crippen LogP contribution in [0.4, 0.5) is 0 Å². The Morgan fingerprint density at radius 3 is 2.47 bits per heavy atom. The van der Waals surface area contributed by atoms with Gasteiger partial charge in [0.15, 0.2) is 0 Å². The molecule has 0 N–H and O–H groups in total. The van der Waals surface area contributed by atoms with Gasteiger partial charge in [-0.2, -0.15) is 4.40 Å². The number of hydrogen-bond acceptors (Lipinski definition) is 1. The lowest BCUT2D eigenvalue weighted by Gasteiger charge is -2.12. The predicted molar refractivity (Wildman–Crippen MR) is 66.9 cm³/mol. The lowest BCUT2D eigenvalue weighted by molar-refractivity contribution is 0.651. The van der Waals surface area contributed by atoms with Gasteiger partial charge in [-0.1, -0.05) is 29.8 Å². The Labute approximate surface area is 98.0 Å². The summed E-state index contributed by atoms with van der Waals surface area (Å²) in [4.78, 5) is 0. The van der Waals surface area contributed by atoms with Crippen molar-refractivity contribution in [3.8, 4) is 0 Å². The molecule has 0 radical (unpaired) electrons. The molecule has 0 unspecified atom stereocenters. The van der Waals surface area contributed by atoms with Crippen molar-refractivity contribution in [1.29, 1.82) is 0 Å². The predicted octanol–water partition coefficient (Wildman–Crippen LogP) is 3.22. The van der Waals surface area contributed by atoms with Gasteiger partial charge in [0.2, 0.25) is 0 Å². The van der Waals surface area contributed by atoms with E-state index >= 15 is 0 Å². The summed E-state index contributed by atoms with van der Waals surface area (Å²) < 4.78 is 15.3. The summed E-state index contributed by atoms with van der Waals surface area (Å²) in [7, 11) is -1.24. The first-order chi connectivity index (χ1) is 6.91. The first kappa shape index (κ1) is 12.4. The monoisotopic (exact) mass is 243 g/mol. The minimum Gasteiger partial charge on any atom is -0.234 e. The Balaban J connectivity index is 2.84. The molecule has 1 aromatic carbocycles. The number of hydrogen-bond donors (Lipinski definition) is 0. The Bertz CT molecular complexity index is 396. The van der Waals surface area contributed by atoms with Gasteiger partial charge < -0.3 is 0 Å². The first-order valence-electron chi connectivity index (χ1n) is 4.62. The van der Waals surface area contributed by atoms with Crippen LogP contribution in [0.3, 0.4) is 0 Å². The summed E-state index contributed by atoms with van der Waals surface area (Å²) in [6.45, 7) is 5.65. The minimum atomic E-state index is -1.24. The van der Waals surface area contributed by atoms with Crippen molar-refractivity contribution >= 4 is 28.8 Å². The third-order valence-corrected chi connectivity index (χ3v) is 3.41. The standard InChI is InChI=1S/C11H14ClNOS/c1-11(2,3)15(14)13-8-9-6-4-5-7-10(9)12/h4-8H,1-3H3/b13-8-/t15-/m0/s1. The maximum Gasteiger partial charge on any atom is 0.144 e. The zero-order valence-electron chi connectivity index (χ0n) is 9.03. The molecule has 4 heteroatoms. The van der Waals surface area contributed by atoms with Crippen molar-refractivity contribution in [2.24, 2.45) is 4.40 Å². The Morgan fingerprint density at radius 1 is 1.33 bits per heavy atom. The van der Waals surface area contributed by atoms with Crippen molar-refractivity contribution in [1.82, 2.24) is 0 Å². The Kier molecular flexibility index (Phi) is 4.05. The highest BCUT2D eigenvalue weighted by Crippen LogP contribution is 2.15. The molecule has 0 heterocycles. The molecule has 1 rings (SSSR count). The maximum atomic E-state index is 11.6. The second-order valence-electron chi connectivity index (χ2n) is 4.12. The minimum absolute atomic E-state index is 0.336. The molecule has 0 fully saturated rings. The van der Waals surface area contributed by atoms with E-state index in [2.05, 4.69) is 4.40 Å². The first-order valence-corrected chi connectivity index (χ1v) is 6.10. The lowest BCUT2D eigenvalue weighted by atomic mass is 10.2. The van der Waals surface area contributed by atoms with Gasteiger partial charge in [0.05, 0.1) is 4.75 Å². The highest BCUT2D eigenvalue weighted by atomic mass is 35.5. The molecule has 0 aromatic heterocycles. The number of halogens is 1. The van der Waals surface area contributed by atoms with E-state index in [1.165, 1.54) is 0 Å². The summed E-state index contributed by atoms with van der Waals surface area (Å²) in [6.07, 6.45) is 1.56. The Hall–Kier alpha value is -0.670. The molecule has 1 aromatic rings. The zero-order chi connectivity index (χ0) is 11.5. The van der Waals surface area contributed by atoms with Gasteiger partial charge in [-0.3, -0.25) is 0 Å². The molecule has 0 saturated heterocycles. The largest absolute Gasteiger partial charge is 0.234 e. The molecule has 0 spiro atoms. The third kappa shape index (κ3) is 3.76. The SMILES string of the molecule is CC(C)(C)[S@](=O)/N=C\c1ccccc1Cl. The molecule has 82 valence electrons. The van der Waals surface area contributed by atoms with E-state index < -0.39 is 11.0 Å². The normalized spacial score (nSPS) is 14.4. The average Bonchev–Trinajstić information content (AvgIpc) is 2.14. The van der Waals surface area contributed by atoms with E-state index in [-0.39, 0.29) is 4.75 Å². The number of nitrogens with zero attached hydrogens (tertiary/aromatic N) is 1. The van der Waals surface area contributed by atoms with Gasteiger partial charge in [0.25, 0.3) is 0 Å². The van der Waals surface area contributed by atoms with Crippen LogP contribution in [0.1, 0.15) is 26.3 Å². The molecule has 2 nitrogen and oxygen atoms in total. The van der Waals surface area contributed by atoms with E-state index in [1.807, 2.05) is 39.0 Å². The van der Waals surface area contributed by atoms with Crippen molar-refractivity contribution in [2.75, 3.05) is 0 Å². The van der Waals surface area contributed by atoms with Crippen molar-refractivity contribution in [2.45, 2.75) is 25.5 Å². The van der Waals surface area contributed by atoms with Crippen LogP contribution in [0.5, 0.6) is 0 Å². The lowest BCUT2D eigenvalue weighted by Crippen LogP contribution is -2.19. The van der Waals surface area contributed by atoms with Gasteiger partial charge in [-0.05, 0) is 26.8 Å². The van der Waals surface area contributed by atoms with E-state index in [1.54, 1.807) is 12.3 Å². The topological polar surface area (TPSA) is 29.4 Å². The highest BCUT2D eigenvalue weighted by Gasteiger charge is 2.18. The fourth-order valence-electron chi connectivity index (χ4n) is 0.843. The van der Waals surface area contributed by atoms with Crippen molar-refractivity contribution in [3.63, 3.8) is 0 Å². The Morgan fingerprint density at radius 2 is 1.93 bits per heavy atom. The third-order valence-electron chi connectivity index (χ3n) is 1.72. The second kappa shape index (κ2) is 4.90. The molecule has 15 heavy (non-hydrogen) atoms. The van der Waals surface area contributed by atoms with Gasteiger partial charge in [0.1, 0.15) is 11.0 Å². The van der Waals surface area contributed by atoms with Crippen LogP contribution >= 0.6 is 11.6 Å². The van der Waals surface area contributed by atoms with Gasteiger partial charge >= 0.3 is 0 Å². The van der Waals surface area contributed by atoms with Crippen molar-refractivity contribution in [3.05, 3.63) is 34.9 Å². The molecule has 0 saturated carbocycles. The van der Waals surface area contributed by atoms with E-state index in [4.69, 9.17) is 11.6 Å². The van der Waals surface area contributed by atoms with Crippen LogP contribution in [0, 0.1) is 0 Å². The molecule has 0 aliphatic heterocycles. The number of benzene rings is 1. The van der Waals surface area contributed by atoms with Gasteiger partial charge in [0, 0.05) is 16.8 Å². The van der Waals surface area contributed by atoms with Crippen LogP contribution in [0.25, 0.3) is 0 Å². The summed E-state index contributed by atoms with van der Waals surface area (Å²) >= 11 is 5.93. The van der Waals surface area contributed by atoms with Crippen LogP contribution in [0.15, 0.2) is 28.7 Å². The van der Waals surface area contributed by atoms with Crippen LogP contribution in [0.2, 0.25) is 5.02 Å². The summed E-state index contributed by atoms with van der Waals surface area (Å²) in [5, 5.41) is 0.618. The van der Waals surface area contributed by atoms with Crippen LogP contribution < -0.4 is 0 Å². The molecular formula is C11H14ClNOS. The summed E-state index contributed by atoms with van der Waals surface area (Å²) in [5.74, 6) is 0. The average molecular weight is 244 g/mol. The highest BCUT2D eigenvalue weighted by molar-refractivity contribution is 7.85. The van der Waals surface area contributed by atoms with E-state index in [0.717, 1.165) is 5.56 Å². The van der Waals surface area contributed by atoms with Gasteiger partial charge in [-0.25, -0.2) is 4.21 Å². The molecule has 0 bridgehead atoms. The molecule has 0 aliphatic carbocycles. The van der Waals surface area contributed by atoms with Crippen LogP contribution in [-0.2, 0) is 11.0 Å².